The van der Waals surface area contributed by atoms with E-state index in [1.54, 1.807) is 19.2 Å². The Morgan fingerprint density at radius 2 is 1.65 bits per heavy atom. The number of anilines is 1. The minimum absolute atomic E-state index is 0.600. The fourth-order valence-corrected chi connectivity index (χ4v) is 1.75. The summed E-state index contributed by atoms with van der Waals surface area (Å²) in [5.41, 5.74) is 6.33. The Balaban J connectivity index is 2.21. The molecule has 2 aromatic carbocycles. The van der Waals surface area contributed by atoms with E-state index in [-0.39, 0.29) is 0 Å². The molecule has 0 amide bonds. The second kappa shape index (κ2) is 5.27. The maximum atomic E-state index is 5.73. The highest BCUT2D eigenvalue weighted by Gasteiger charge is 2.03. The highest BCUT2D eigenvalue weighted by Crippen LogP contribution is 2.29. The molecule has 0 fully saturated rings. The third-order valence-electron chi connectivity index (χ3n) is 2.25. The number of methoxy groups -OCH3 is 1. The van der Waals surface area contributed by atoms with Crippen molar-refractivity contribution < 1.29 is 9.47 Å². The van der Waals surface area contributed by atoms with Gasteiger partial charge in [-0.2, -0.15) is 0 Å². The van der Waals surface area contributed by atoms with Gasteiger partial charge in [0.05, 0.1) is 12.8 Å². The van der Waals surface area contributed by atoms with Crippen molar-refractivity contribution >= 4 is 28.3 Å². The van der Waals surface area contributed by atoms with Crippen molar-refractivity contribution in [2.24, 2.45) is 0 Å². The maximum absolute atomic E-state index is 5.73. The molecule has 2 rings (SSSR count). The van der Waals surface area contributed by atoms with Gasteiger partial charge in [0.25, 0.3) is 0 Å². The minimum Gasteiger partial charge on any atom is -0.494 e. The Morgan fingerprint density at radius 3 is 2.29 bits per heavy atom. The zero-order chi connectivity index (χ0) is 12.3. The molecule has 0 aliphatic rings. The van der Waals surface area contributed by atoms with Crippen LogP contribution >= 0.6 is 22.6 Å². The summed E-state index contributed by atoms with van der Waals surface area (Å²) in [7, 11) is 1.58. The molecule has 0 heterocycles. The first-order valence-electron chi connectivity index (χ1n) is 5.06. The van der Waals surface area contributed by atoms with Crippen LogP contribution in [0.25, 0.3) is 0 Å². The van der Waals surface area contributed by atoms with E-state index in [1.165, 1.54) is 3.57 Å². The number of nitrogen functional groups attached to an aromatic ring is 1. The summed E-state index contributed by atoms with van der Waals surface area (Å²) in [5, 5.41) is 0. The predicted molar refractivity (Wildman–Crippen MR) is 76.6 cm³/mol. The van der Waals surface area contributed by atoms with Crippen LogP contribution in [0.2, 0.25) is 0 Å². The lowest BCUT2D eigenvalue weighted by Gasteiger charge is -2.09. The number of nitrogens with two attached hydrogens (primary N) is 1. The van der Waals surface area contributed by atoms with Crippen LogP contribution in [0.3, 0.4) is 0 Å². The molecule has 2 N–H and O–H groups in total. The standard InChI is InChI=1S/C13H12INO2/c1-16-13-8-11(6-7-12(13)15)17-10-4-2-9(14)3-5-10/h2-8H,15H2,1H3. The van der Waals surface area contributed by atoms with Gasteiger partial charge in [-0.05, 0) is 59.0 Å². The van der Waals surface area contributed by atoms with E-state index >= 15 is 0 Å². The first-order chi connectivity index (χ1) is 8.19. The average Bonchev–Trinajstić information content (AvgIpc) is 2.34. The molecule has 0 aliphatic carbocycles. The van der Waals surface area contributed by atoms with Crippen molar-refractivity contribution in [3.8, 4) is 17.2 Å². The quantitative estimate of drug-likeness (QED) is 0.684. The normalized spacial score (nSPS) is 10.0. The third kappa shape index (κ3) is 3.03. The molecule has 0 saturated heterocycles. The smallest absolute Gasteiger partial charge is 0.145 e. The van der Waals surface area contributed by atoms with Crippen LogP contribution in [0.4, 0.5) is 5.69 Å². The van der Waals surface area contributed by atoms with E-state index in [0.717, 1.165) is 5.75 Å². The summed E-state index contributed by atoms with van der Waals surface area (Å²) in [4.78, 5) is 0. The van der Waals surface area contributed by atoms with Crippen molar-refractivity contribution in [3.63, 3.8) is 0 Å². The Morgan fingerprint density at radius 1 is 1.00 bits per heavy atom. The van der Waals surface area contributed by atoms with E-state index in [4.69, 9.17) is 15.2 Å². The fourth-order valence-electron chi connectivity index (χ4n) is 1.39. The zero-order valence-corrected chi connectivity index (χ0v) is 11.5. The van der Waals surface area contributed by atoms with Crippen LogP contribution in [0.1, 0.15) is 0 Å². The number of benzene rings is 2. The highest BCUT2D eigenvalue weighted by molar-refractivity contribution is 14.1. The Labute approximate surface area is 114 Å². The Bertz CT molecular complexity index is 511. The summed E-state index contributed by atoms with van der Waals surface area (Å²) < 4.78 is 12.0. The van der Waals surface area contributed by atoms with E-state index < -0.39 is 0 Å². The summed E-state index contributed by atoms with van der Waals surface area (Å²) >= 11 is 2.25. The van der Waals surface area contributed by atoms with E-state index in [2.05, 4.69) is 22.6 Å². The van der Waals surface area contributed by atoms with Crippen LogP contribution in [0, 0.1) is 3.57 Å². The molecular weight excluding hydrogens is 329 g/mol. The summed E-state index contributed by atoms with van der Waals surface area (Å²) in [5.74, 6) is 2.11. The molecule has 0 aromatic heterocycles. The molecule has 4 heteroatoms. The van der Waals surface area contributed by atoms with Gasteiger partial charge in [-0.3, -0.25) is 0 Å². The lowest BCUT2D eigenvalue weighted by atomic mass is 10.3. The van der Waals surface area contributed by atoms with Crippen molar-refractivity contribution in [1.82, 2.24) is 0 Å². The largest absolute Gasteiger partial charge is 0.494 e. The topological polar surface area (TPSA) is 44.5 Å². The number of ether oxygens (including phenoxy) is 2. The number of halogens is 1. The third-order valence-corrected chi connectivity index (χ3v) is 2.97. The monoisotopic (exact) mass is 341 g/mol. The molecule has 0 atom stereocenters. The van der Waals surface area contributed by atoms with Gasteiger partial charge in [-0.25, -0.2) is 0 Å². The van der Waals surface area contributed by atoms with Gasteiger partial charge in [0.15, 0.2) is 0 Å². The van der Waals surface area contributed by atoms with Crippen LogP contribution in [0.15, 0.2) is 42.5 Å². The maximum Gasteiger partial charge on any atom is 0.145 e. The second-order valence-electron chi connectivity index (χ2n) is 3.46. The van der Waals surface area contributed by atoms with Crippen molar-refractivity contribution in [2.45, 2.75) is 0 Å². The van der Waals surface area contributed by atoms with Crippen molar-refractivity contribution in [1.29, 1.82) is 0 Å². The molecule has 3 nitrogen and oxygen atoms in total. The number of hydrogen-bond donors (Lipinski definition) is 1. The summed E-state index contributed by atoms with van der Waals surface area (Å²) in [6, 6.07) is 13.2. The molecule has 0 saturated carbocycles. The van der Waals surface area contributed by atoms with Crippen LogP contribution in [0.5, 0.6) is 17.2 Å². The van der Waals surface area contributed by atoms with Gasteiger partial charge >= 0.3 is 0 Å². The minimum atomic E-state index is 0.600. The van der Waals surface area contributed by atoms with Crippen LogP contribution in [-0.2, 0) is 0 Å². The van der Waals surface area contributed by atoms with Gasteiger partial charge in [-0.1, -0.05) is 0 Å². The molecule has 0 bridgehead atoms. The molecule has 88 valence electrons. The lowest BCUT2D eigenvalue weighted by molar-refractivity contribution is 0.411. The second-order valence-corrected chi connectivity index (χ2v) is 4.71. The highest BCUT2D eigenvalue weighted by atomic mass is 127. The predicted octanol–water partition coefficient (Wildman–Crippen LogP) is 3.67. The van der Waals surface area contributed by atoms with Crippen molar-refractivity contribution in [2.75, 3.05) is 12.8 Å². The van der Waals surface area contributed by atoms with Gasteiger partial charge in [-0.15, -0.1) is 0 Å². The fraction of sp³-hybridized carbons (Fsp3) is 0.0769. The molecule has 0 spiro atoms. The number of hydrogen-bond acceptors (Lipinski definition) is 3. The van der Waals surface area contributed by atoms with Gasteiger partial charge < -0.3 is 15.2 Å². The SMILES string of the molecule is COc1cc(Oc2ccc(I)cc2)ccc1N. The molecule has 17 heavy (non-hydrogen) atoms. The first-order valence-corrected chi connectivity index (χ1v) is 6.14. The van der Waals surface area contributed by atoms with Crippen LogP contribution < -0.4 is 15.2 Å². The number of rotatable bonds is 3. The van der Waals surface area contributed by atoms with Crippen LogP contribution in [-0.4, -0.2) is 7.11 Å². The van der Waals surface area contributed by atoms with Crippen molar-refractivity contribution in [3.05, 3.63) is 46.0 Å². The molecule has 0 unspecified atom stereocenters. The van der Waals surface area contributed by atoms with E-state index in [1.807, 2.05) is 30.3 Å². The Hall–Kier alpha value is -1.43. The Kier molecular flexibility index (Phi) is 3.73. The molecule has 0 radical (unpaired) electrons. The summed E-state index contributed by atoms with van der Waals surface area (Å²) in [6.07, 6.45) is 0. The zero-order valence-electron chi connectivity index (χ0n) is 9.31. The van der Waals surface area contributed by atoms with Gasteiger partial charge in [0.1, 0.15) is 17.2 Å². The lowest BCUT2D eigenvalue weighted by Crippen LogP contribution is -1.93. The van der Waals surface area contributed by atoms with E-state index in [0.29, 0.717) is 17.2 Å². The molecule has 2 aromatic rings. The average molecular weight is 341 g/mol. The molecular formula is C13H12INO2. The first kappa shape index (κ1) is 12.0. The molecule has 0 aliphatic heterocycles. The van der Waals surface area contributed by atoms with Gasteiger partial charge in [0, 0.05) is 9.64 Å². The van der Waals surface area contributed by atoms with E-state index in [9.17, 15) is 0 Å². The summed E-state index contributed by atoms with van der Waals surface area (Å²) in [6.45, 7) is 0. The van der Waals surface area contributed by atoms with Gasteiger partial charge in [0.2, 0.25) is 0 Å².